The third-order valence-corrected chi connectivity index (χ3v) is 6.63. The van der Waals surface area contributed by atoms with E-state index in [1.807, 2.05) is 70.2 Å². The Balaban J connectivity index is 1.75. The average molecular weight is 487 g/mol. The molecule has 7 heteroatoms. The van der Waals surface area contributed by atoms with E-state index in [2.05, 4.69) is 0 Å². The minimum atomic E-state index is -1.04. The van der Waals surface area contributed by atoms with Gasteiger partial charge in [0.15, 0.2) is 11.8 Å². The summed E-state index contributed by atoms with van der Waals surface area (Å²) in [5, 5.41) is 9.39. The van der Waals surface area contributed by atoms with Crippen LogP contribution in [0.25, 0.3) is 6.08 Å². The number of aliphatic carboxylic acids is 1. The van der Waals surface area contributed by atoms with Gasteiger partial charge in [-0.25, -0.2) is 9.79 Å². The predicted octanol–water partition coefficient (Wildman–Crippen LogP) is 6.19. The fourth-order valence-corrected chi connectivity index (χ4v) is 4.91. The molecule has 1 aliphatic heterocycles. The number of carbonyl (C=O) groups excluding carboxylic acids is 1. The topological polar surface area (TPSA) is 79.2 Å². The zero-order chi connectivity index (χ0) is 25.1. The van der Waals surface area contributed by atoms with E-state index in [1.165, 1.54) is 11.8 Å². The lowest BCUT2D eigenvalue weighted by molar-refractivity contribution is -0.139. The van der Waals surface area contributed by atoms with Crippen molar-refractivity contribution in [3.63, 3.8) is 0 Å². The quantitative estimate of drug-likeness (QED) is 0.420. The molecule has 0 unspecified atom stereocenters. The van der Waals surface area contributed by atoms with Crippen LogP contribution in [0.15, 0.2) is 70.6 Å². The van der Waals surface area contributed by atoms with Gasteiger partial charge in [0.25, 0.3) is 5.91 Å². The van der Waals surface area contributed by atoms with Gasteiger partial charge in [-0.2, -0.15) is 0 Å². The summed E-state index contributed by atoms with van der Waals surface area (Å²) in [7, 11) is 0. The number of aliphatic imine (C=N–C) groups is 1. The van der Waals surface area contributed by atoms with Gasteiger partial charge in [-0.1, -0.05) is 48.5 Å². The number of hydrogen-bond acceptors (Lipinski definition) is 5. The molecule has 4 rings (SSSR count). The molecule has 1 saturated heterocycles. The summed E-state index contributed by atoms with van der Waals surface area (Å²) in [5.41, 5.74) is 6.58. The van der Waals surface area contributed by atoms with Crippen molar-refractivity contribution in [3.8, 4) is 5.75 Å². The number of nitrogens with zero attached hydrogens (tertiary/aromatic N) is 2. The van der Waals surface area contributed by atoms with E-state index < -0.39 is 12.6 Å². The lowest BCUT2D eigenvalue weighted by atomic mass is 10.1. The first-order valence-electron chi connectivity index (χ1n) is 11.1. The molecule has 1 amide bonds. The van der Waals surface area contributed by atoms with E-state index in [0.29, 0.717) is 15.8 Å². The normalized spacial score (nSPS) is 15.8. The van der Waals surface area contributed by atoms with Crippen LogP contribution in [-0.2, 0) is 9.59 Å². The van der Waals surface area contributed by atoms with Crippen LogP contribution in [-0.4, -0.2) is 28.8 Å². The first-order valence-corrected chi connectivity index (χ1v) is 12.0. The number of rotatable bonds is 6. The lowest BCUT2D eigenvalue weighted by Crippen LogP contribution is -2.30. The second kappa shape index (κ2) is 10.2. The van der Waals surface area contributed by atoms with Gasteiger partial charge in [0.2, 0.25) is 0 Å². The second-order valence-corrected chi connectivity index (χ2v) is 9.39. The summed E-state index contributed by atoms with van der Waals surface area (Å²) in [6.45, 7) is 7.62. The number of amides is 1. The second-order valence-electron chi connectivity index (χ2n) is 8.38. The summed E-state index contributed by atoms with van der Waals surface area (Å²) in [5.74, 6) is -0.718. The van der Waals surface area contributed by atoms with Crippen molar-refractivity contribution in [2.45, 2.75) is 27.7 Å². The molecule has 6 nitrogen and oxygen atoms in total. The average Bonchev–Trinajstić information content (AvgIpc) is 3.10. The number of carboxylic acids is 1. The monoisotopic (exact) mass is 486 g/mol. The number of aryl methyl sites for hydroxylation is 4. The van der Waals surface area contributed by atoms with Crippen LogP contribution in [0.5, 0.6) is 5.75 Å². The van der Waals surface area contributed by atoms with Crippen molar-refractivity contribution in [1.82, 2.24) is 0 Å². The molecule has 0 bridgehead atoms. The number of benzene rings is 3. The number of anilines is 1. The van der Waals surface area contributed by atoms with Gasteiger partial charge in [0, 0.05) is 0 Å². The van der Waals surface area contributed by atoms with E-state index in [0.717, 1.165) is 39.2 Å². The molecule has 1 aliphatic rings. The van der Waals surface area contributed by atoms with Gasteiger partial charge in [-0.3, -0.25) is 9.69 Å². The maximum atomic E-state index is 13.7. The minimum Gasteiger partial charge on any atom is -0.482 e. The maximum Gasteiger partial charge on any atom is 0.341 e. The molecular weight excluding hydrogens is 460 g/mol. The zero-order valence-electron chi connectivity index (χ0n) is 20.0. The van der Waals surface area contributed by atoms with E-state index in [-0.39, 0.29) is 5.91 Å². The van der Waals surface area contributed by atoms with Crippen molar-refractivity contribution in [3.05, 3.63) is 93.4 Å². The Kier molecular flexibility index (Phi) is 7.07. The van der Waals surface area contributed by atoms with Crippen molar-refractivity contribution < 1.29 is 19.4 Å². The molecule has 0 aromatic heterocycles. The molecular formula is C28H26N2O4S. The molecule has 0 saturated carbocycles. The summed E-state index contributed by atoms with van der Waals surface area (Å²) in [6, 6.07) is 19.0. The van der Waals surface area contributed by atoms with Crippen LogP contribution >= 0.6 is 11.8 Å². The molecule has 178 valence electrons. The van der Waals surface area contributed by atoms with Crippen molar-refractivity contribution in [1.29, 1.82) is 0 Å². The Morgan fingerprint density at radius 1 is 0.943 bits per heavy atom. The molecule has 3 aromatic carbocycles. The number of carboxylic acid groups (broad SMARTS) is 1. The predicted molar refractivity (Wildman–Crippen MR) is 142 cm³/mol. The van der Waals surface area contributed by atoms with Crippen LogP contribution in [0.3, 0.4) is 0 Å². The largest absolute Gasteiger partial charge is 0.482 e. The molecule has 1 fully saturated rings. The van der Waals surface area contributed by atoms with Crippen molar-refractivity contribution >= 4 is 46.3 Å². The molecule has 35 heavy (non-hydrogen) atoms. The smallest absolute Gasteiger partial charge is 0.341 e. The molecule has 0 atom stereocenters. The fourth-order valence-electron chi connectivity index (χ4n) is 3.94. The number of para-hydroxylation sites is 2. The molecule has 1 N–H and O–H groups in total. The number of thioether (sulfide) groups is 1. The Hall–Kier alpha value is -3.84. The van der Waals surface area contributed by atoms with Crippen LogP contribution in [0, 0.1) is 27.7 Å². The number of amidine groups is 1. The lowest BCUT2D eigenvalue weighted by Gasteiger charge is -2.21. The van der Waals surface area contributed by atoms with Gasteiger partial charge in [-0.15, -0.1) is 0 Å². The molecule has 0 spiro atoms. The Bertz CT molecular complexity index is 1320. The first-order chi connectivity index (χ1) is 16.7. The number of hydrogen-bond donors (Lipinski definition) is 1. The summed E-state index contributed by atoms with van der Waals surface area (Å²) in [6.07, 6.45) is 1.82. The Morgan fingerprint density at radius 3 is 2.09 bits per heavy atom. The summed E-state index contributed by atoms with van der Waals surface area (Å²) in [4.78, 5) is 31.6. The minimum absolute atomic E-state index is 0.136. The van der Waals surface area contributed by atoms with Crippen LogP contribution in [0.2, 0.25) is 0 Å². The third-order valence-electron chi connectivity index (χ3n) is 5.66. The Labute approximate surface area is 209 Å². The van der Waals surface area contributed by atoms with Crippen molar-refractivity contribution in [2.24, 2.45) is 4.99 Å². The molecule has 3 aromatic rings. The zero-order valence-corrected chi connectivity index (χ0v) is 20.8. The van der Waals surface area contributed by atoms with Gasteiger partial charge >= 0.3 is 5.97 Å². The van der Waals surface area contributed by atoms with Crippen LogP contribution in [0.4, 0.5) is 11.4 Å². The molecule has 0 radical (unpaired) electrons. The van der Waals surface area contributed by atoms with Crippen LogP contribution in [0.1, 0.15) is 27.8 Å². The van der Waals surface area contributed by atoms with E-state index in [1.54, 1.807) is 29.2 Å². The van der Waals surface area contributed by atoms with Gasteiger partial charge in [0.05, 0.1) is 16.3 Å². The number of carbonyl (C=O) groups is 2. The standard InChI is InChI=1S/C28H26N2O4S/c1-17-7-5-8-18(2)25(17)29-28-30(26-19(3)9-6-10-20(26)4)27(33)23(35-28)15-21-11-13-22(14-12-21)34-16-24(31)32/h5-15H,16H2,1-4H3,(H,31,32). The maximum absolute atomic E-state index is 13.7. The van der Waals surface area contributed by atoms with E-state index >= 15 is 0 Å². The van der Waals surface area contributed by atoms with E-state index in [9.17, 15) is 9.59 Å². The highest BCUT2D eigenvalue weighted by molar-refractivity contribution is 8.19. The van der Waals surface area contributed by atoms with Gasteiger partial charge < -0.3 is 9.84 Å². The third kappa shape index (κ3) is 5.30. The Morgan fingerprint density at radius 2 is 1.51 bits per heavy atom. The summed E-state index contributed by atoms with van der Waals surface area (Å²) >= 11 is 1.34. The van der Waals surface area contributed by atoms with Crippen molar-refractivity contribution in [2.75, 3.05) is 11.5 Å². The van der Waals surface area contributed by atoms with Gasteiger partial charge in [-0.05, 0) is 85.5 Å². The highest BCUT2D eigenvalue weighted by Gasteiger charge is 2.36. The van der Waals surface area contributed by atoms with E-state index in [4.69, 9.17) is 14.8 Å². The van der Waals surface area contributed by atoms with Gasteiger partial charge in [0.1, 0.15) is 5.75 Å². The number of ether oxygens (including phenoxy) is 1. The SMILES string of the molecule is Cc1cccc(C)c1N=C1SC(=Cc2ccc(OCC(=O)O)cc2)C(=O)N1c1c(C)cccc1C. The highest BCUT2D eigenvalue weighted by atomic mass is 32.2. The van der Waals surface area contributed by atoms with Crippen LogP contribution < -0.4 is 9.64 Å². The fraction of sp³-hybridized carbons (Fsp3) is 0.179. The molecule has 1 heterocycles. The highest BCUT2D eigenvalue weighted by Crippen LogP contribution is 2.40. The molecule has 0 aliphatic carbocycles. The first kappa shape index (κ1) is 24.3. The summed E-state index contributed by atoms with van der Waals surface area (Å²) < 4.78 is 5.20.